The Morgan fingerprint density at radius 2 is 1.04 bits per heavy atom. The molecule has 0 aliphatic carbocycles. The van der Waals surface area contributed by atoms with Gasteiger partial charge in [0.05, 0.1) is 0 Å². The number of carbonyl (C=O) groups excluding carboxylic acids is 4. The molecule has 7 nitrogen and oxygen atoms in total. The average molecular weight is 358 g/mol. The van der Waals surface area contributed by atoms with Crippen LogP contribution >= 0.6 is 0 Å². The number of unbranched alkanes of at least 4 members (excludes halogenated alkanes) is 1. The molecule has 0 aliphatic heterocycles. The molecule has 24 heavy (non-hydrogen) atoms. The van der Waals surface area contributed by atoms with Crippen molar-refractivity contribution >= 4 is 40.9 Å². The van der Waals surface area contributed by atoms with E-state index >= 15 is 0 Å². The van der Waals surface area contributed by atoms with Crippen molar-refractivity contribution in [2.24, 2.45) is 0 Å². The molecule has 0 aromatic heterocycles. The normalized spacial score (nSPS) is 8.50. The van der Waals surface area contributed by atoms with Crippen LogP contribution in [0.3, 0.4) is 0 Å². The zero-order valence-corrected chi connectivity index (χ0v) is 16.0. The van der Waals surface area contributed by atoms with Gasteiger partial charge in [0.2, 0.25) is 0 Å². The fraction of sp³-hybridized carbons (Fsp3) is 0.750. The van der Waals surface area contributed by atoms with E-state index in [1.54, 1.807) is 0 Å². The summed E-state index contributed by atoms with van der Waals surface area (Å²) in [5, 5.41) is 29.0. The fourth-order valence-electron chi connectivity index (χ4n) is 1.20. The molecule has 0 unspecified atom stereocenters. The van der Waals surface area contributed by atoms with Crippen LogP contribution in [-0.2, 0) is 19.2 Å². The van der Waals surface area contributed by atoms with E-state index < -0.39 is 24.8 Å². The third kappa shape index (κ3) is 37.2. The van der Waals surface area contributed by atoms with E-state index in [9.17, 15) is 34.5 Å². The summed E-state index contributed by atoms with van der Waals surface area (Å²) in [6.45, 7) is 5.76. The van der Waals surface area contributed by atoms with Gasteiger partial charge in [-0.05, 0) is 12.8 Å². The fourth-order valence-corrected chi connectivity index (χ4v) is 1.20. The second-order valence-corrected chi connectivity index (χ2v) is 4.73. The van der Waals surface area contributed by atoms with E-state index in [2.05, 4.69) is 0 Å². The Bertz CT molecular complexity index is 311. The van der Waals surface area contributed by atoms with Crippen molar-refractivity contribution in [1.82, 2.24) is 0 Å². The van der Waals surface area contributed by atoms with Crippen LogP contribution in [-0.4, -0.2) is 47.5 Å². The number of aliphatic carboxylic acids is 2. The van der Waals surface area contributed by atoms with Crippen LogP contribution in [0, 0.1) is 0 Å². The van der Waals surface area contributed by atoms with Gasteiger partial charge in [0.15, 0.2) is 0 Å². The molecule has 0 rings (SSSR count). The minimum Gasteiger partial charge on any atom is -0.854 e. The Morgan fingerprint density at radius 1 is 0.708 bits per heavy atom. The van der Waals surface area contributed by atoms with Crippen molar-refractivity contribution in [2.45, 2.75) is 72.1 Å². The maximum atomic E-state index is 10.4. The largest absolute Gasteiger partial charge is 3.00 e. The molecule has 136 valence electrons. The SMILES string of the molecule is CCCC(=O)CC(=O)[O-].CCCC(=O)CC(=O)[O-].CCCC[O-].[Al+3]. The molecule has 0 radical (unpaired) electrons. The number of carbonyl (C=O) groups is 4. The first kappa shape index (κ1) is 30.6. The van der Waals surface area contributed by atoms with Crippen molar-refractivity contribution < 1.29 is 34.5 Å². The van der Waals surface area contributed by atoms with E-state index in [0.29, 0.717) is 25.7 Å². The minimum absolute atomic E-state index is 0. The summed E-state index contributed by atoms with van der Waals surface area (Å²) in [5.41, 5.74) is 0. The van der Waals surface area contributed by atoms with Crippen LogP contribution in [0.4, 0.5) is 0 Å². The first-order valence-corrected chi connectivity index (χ1v) is 7.76. The van der Waals surface area contributed by atoms with Gasteiger partial charge in [-0.1, -0.05) is 33.6 Å². The van der Waals surface area contributed by atoms with Crippen LogP contribution in [0.15, 0.2) is 0 Å². The predicted molar refractivity (Wildman–Crippen MR) is 84.6 cm³/mol. The third-order valence-corrected chi connectivity index (χ3v) is 2.24. The summed E-state index contributed by atoms with van der Waals surface area (Å²) in [4.78, 5) is 40.4. The molecule has 0 aliphatic rings. The zero-order chi connectivity index (χ0) is 18.7. The smallest absolute Gasteiger partial charge is 0.854 e. The Balaban J connectivity index is -0.000000128. The van der Waals surface area contributed by atoms with Gasteiger partial charge in [0.25, 0.3) is 0 Å². The monoisotopic (exact) mass is 358 g/mol. The van der Waals surface area contributed by atoms with E-state index in [1.165, 1.54) is 0 Å². The van der Waals surface area contributed by atoms with Crippen LogP contribution in [0.1, 0.15) is 72.1 Å². The molecule has 8 heteroatoms. The van der Waals surface area contributed by atoms with Gasteiger partial charge in [-0.25, -0.2) is 0 Å². The van der Waals surface area contributed by atoms with Crippen LogP contribution in [0.2, 0.25) is 0 Å². The van der Waals surface area contributed by atoms with Gasteiger partial charge in [0, 0.05) is 37.6 Å². The molecule has 0 saturated carbocycles. The standard InChI is InChI=1S/2C6H10O3.C4H9O.Al/c2*1-2-3-5(7)4-6(8)9;1-2-3-4-5;/h2*2-4H2,1H3,(H,8,9);2-4H2,1H3;/q;;-1;+3/p-2. The summed E-state index contributed by atoms with van der Waals surface area (Å²) in [6, 6.07) is 0. The quantitative estimate of drug-likeness (QED) is 0.351. The number of hydrogen-bond acceptors (Lipinski definition) is 7. The van der Waals surface area contributed by atoms with Gasteiger partial charge < -0.3 is 24.9 Å². The van der Waals surface area contributed by atoms with E-state index in [1.807, 2.05) is 20.8 Å². The average Bonchev–Trinajstić information content (AvgIpc) is 2.39. The van der Waals surface area contributed by atoms with E-state index in [-0.39, 0.29) is 35.5 Å². The molecular weight excluding hydrogens is 331 g/mol. The van der Waals surface area contributed by atoms with E-state index in [0.717, 1.165) is 12.8 Å². The Hall–Kier alpha value is -1.23. The molecule has 0 aromatic rings. The molecule has 0 atom stereocenters. The molecule has 0 amide bonds. The van der Waals surface area contributed by atoms with E-state index in [4.69, 9.17) is 0 Å². The van der Waals surface area contributed by atoms with Gasteiger partial charge in [-0.3, -0.25) is 9.59 Å². The Morgan fingerprint density at radius 3 is 1.17 bits per heavy atom. The Kier molecular flexibility index (Phi) is 30.7. The van der Waals surface area contributed by atoms with Crippen LogP contribution in [0.25, 0.3) is 0 Å². The zero-order valence-electron chi connectivity index (χ0n) is 14.8. The molecule has 0 fully saturated rings. The van der Waals surface area contributed by atoms with Crippen molar-refractivity contribution in [1.29, 1.82) is 0 Å². The van der Waals surface area contributed by atoms with Crippen LogP contribution < -0.4 is 15.3 Å². The third-order valence-electron chi connectivity index (χ3n) is 2.24. The van der Waals surface area contributed by atoms with Crippen LogP contribution in [0.5, 0.6) is 0 Å². The number of carboxylic acid groups (broad SMARTS) is 2. The number of ketones is 2. The summed E-state index contributed by atoms with van der Waals surface area (Å²) < 4.78 is 0. The van der Waals surface area contributed by atoms with Gasteiger partial charge in [-0.15, -0.1) is 6.61 Å². The molecule has 0 spiro atoms. The van der Waals surface area contributed by atoms with Gasteiger partial charge >= 0.3 is 17.4 Å². The number of rotatable bonds is 10. The maximum absolute atomic E-state index is 10.4. The van der Waals surface area contributed by atoms with Crippen molar-refractivity contribution in [3.8, 4) is 0 Å². The first-order valence-electron chi connectivity index (χ1n) is 7.76. The summed E-state index contributed by atoms with van der Waals surface area (Å²) in [7, 11) is 0. The number of carboxylic acids is 2. The molecule has 0 heterocycles. The molecule has 0 N–H and O–H groups in total. The minimum atomic E-state index is -1.28. The number of Topliss-reactive ketones (excluding diaryl/α,β-unsaturated/α-hetero) is 2. The molecular formula is C16H27AlO7. The summed E-state index contributed by atoms with van der Waals surface area (Å²) >= 11 is 0. The van der Waals surface area contributed by atoms with Crippen molar-refractivity contribution in [3.05, 3.63) is 0 Å². The molecule has 0 bridgehead atoms. The first-order chi connectivity index (χ1) is 10.7. The summed E-state index contributed by atoms with van der Waals surface area (Å²) in [6.07, 6.45) is 3.07. The summed E-state index contributed by atoms with van der Waals surface area (Å²) in [5.74, 6) is -3.07. The van der Waals surface area contributed by atoms with Crippen molar-refractivity contribution in [2.75, 3.05) is 6.61 Å². The molecule has 0 aromatic carbocycles. The second-order valence-electron chi connectivity index (χ2n) is 4.73. The maximum Gasteiger partial charge on any atom is 3.00 e. The predicted octanol–water partition coefficient (Wildman–Crippen LogP) is -1.24. The van der Waals surface area contributed by atoms with Gasteiger partial charge in [0.1, 0.15) is 11.6 Å². The molecule has 0 saturated heterocycles. The van der Waals surface area contributed by atoms with Crippen molar-refractivity contribution in [3.63, 3.8) is 0 Å². The van der Waals surface area contributed by atoms with Gasteiger partial charge in [-0.2, -0.15) is 0 Å². The second kappa shape index (κ2) is 24.0. The topological polar surface area (TPSA) is 137 Å². The Labute approximate surface area is 154 Å². The number of hydrogen-bond donors (Lipinski definition) is 0.